The van der Waals surface area contributed by atoms with Crippen LogP contribution in [0.4, 0.5) is 0 Å². The smallest absolute Gasteiger partial charge is 0.227 e. The number of benzene rings is 6. The van der Waals surface area contributed by atoms with Gasteiger partial charge in [-0.2, -0.15) is 0 Å². The van der Waals surface area contributed by atoms with E-state index in [1.807, 2.05) is 71.3 Å². The Hall–Kier alpha value is -5.74. The predicted molar refractivity (Wildman–Crippen MR) is 210 cm³/mol. The van der Waals surface area contributed by atoms with Crippen molar-refractivity contribution in [2.45, 2.75) is 53.2 Å². The lowest BCUT2D eigenvalue weighted by Gasteiger charge is -2.25. The number of aryl methyl sites for hydroxylation is 2. The first-order chi connectivity index (χ1) is 26.7. The molecule has 0 radical (unpaired) electrons. The molecule has 0 N–H and O–H groups in total. The number of rotatable bonds is 5. The summed E-state index contributed by atoms with van der Waals surface area (Å²) in [6, 6.07) is 37.2. The number of aromatic nitrogens is 3. The summed E-state index contributed by atoms with van der Waals surface area (Å²) < 4.78 is 60.6. The Balaban J connectivity index is 1.45. The minimum absolute atomic E-state index is 0.0343. The van der Waals surface area contributed by atoms with Crippen molar-refractivity contribution in [1.82, 2.24) is 14.5 Å². The van der Waals surface area contributed by atoms with Crippen molar-refractivity contribution in [1.29, 1.82) is 0 Å². The standard InChI is InChI=1S/C46H39N3O/c1-26(2)36-24-33(30-14-8-7-9-15-30)25-37(27(3)4)43(36)49-42-29(6)13-12-18-39(42)47-45(49)35-22-19-28(5)40-38-23-32-21-20-31-16-10-11-17-34(31)41(32)48-46(38)50-44(35)40/h7-27H,1-6H3/i5D3,6D3. The molecule has 4 heteroatoms. The highest BCUT2D eigenvalue weighted by molar-refractivity contribution is 6.15. The highest BCUT2D eigenvalue weighted by Gasteiger charge is 2.27. The van der Waals surface area contributed by atoms with E-state index < -0.39 is 13.7 Å². The quantitative estimate of drug-likeness (QED) is 0.173. The first-order valence-corrected chi connectivity index (χ1v) is 17.1. The molecule has 50 heavy (non-hydrogen) atoms. The van der Waals surface area contributed by atoms with Crippen molar-refractivity contribution >= 4 is 54.8 Å². The maximum Gasteiger partial charge on any atom is 0.227 e. The van der Waals surface area contributed by atoms with E-state index in [2.05, 4.69) is 52.0 Å². The molecule has 0 saturated carbocycles. The Morgan fingerprint density at radius 3 is 2.14 bits per heavy atom. The van der Waals surface area contributed by atoms with Gasteiger partial charge in [-0.1, -0.05) is 113 Å². The number of imidazole rings is 1. The summed E-state index contributed by atoms with van der Waals surface area (Å²) in [6.07, 6.45) is 0. The van der Waals surface area contributed by atoms with Gasteiger partial charge in [-0.15, -0.1) is 0 Å². The van der Waals surface area contributed by atoms with Gasteiger partial charge in [0.1, 0.15) is 11.4 Å². The highest BCUT2D eigenvalue weighted by atomic mass is 16.3. The van der Waals surface area contributed by atoms with E-state index in [1.54, 1.807) is 24.3 Å². The summed E-state index contributed by atoms with van der Waals surface area (Å²) >= 11 is 0. The van der Waals surface area contributed by atoms with Gasteiger partial charge in [-0.05, 0) is 94.6 Å². The molecule has 0 aliphatic rings. The van der Waals surface area contributed by atoms with Crippen molar-refractivity contribution in [2.75, 3.05) is 0 Å². The van der Waals surface area contributed by atoms with Crippen LogP contribution in [0.25, 0.3) is 83.0 Å². The van der Waals surface area contributed by atoms with E-state index >= 15 is 0 Å². The molecule has 0 aliphatic heterocycles. The van der Waals surface area contributed by atoms with E-state index in [9.17, 15) is 0 Å². The molecule has 0 amide bonds. The van der Waals surface area contributed by atoms with Gasteiger partial charge >= 0.3 is 0 Å². The summed E-state index contributed by atoms with van der Waals surface area (Å²) in [6.45, 7) is 3.64. The maximum atomic E-state index is 8.68. The molecule has 6 aromatic carbocycles. The largest absolute Gasteiger partial charge is 0.437 e. The van der Waals surface area contributed by atoms with Crippen molar-refractivity contribution in [3.8, 4) is 28.2 Å². The molecule has 0 fully saturated rings. The van der Waals surface area contributed by atoms with E-state index in [4.69, 9.17) is 22.6 Å². The van der Waals surface area contributed by atoms with Gasteiger partial charge in [0.15, 0.2) is 0 Å². The lowest BCUT2D eigenvalue weighted by molar-refractivity contribution is 0.656. The fourth-order valence-electron chi connectivity index (χ4n) is 7.52. The molecule has 244 valence electrons. The second-order valence-corrected chi connectivity index (χ2v) is 13.8. The molecule has 0 unspecified atom stereocenters. The number of nitrogens with zero attached hydrogens (tertiary/aromatic N) is 3. The van der Waals surface area contributed by atoms with Crippen molar-refractivity contribution in [3.63, 3.8) is 0 Å². The molecule has 0 atom stereocenters. The Bertz CT molecular complexity index is 2980. The van der Waals surface area contributed by atoms with Crippen molar-refractivity contribution < 1.29 is 12.6 Å². The predicted octanol–water partition coefficient (Wildman–Crippen LogP) is 12.8. The van der Waals surface area contributed by atoms with Gasteiger partial charge in [0.25, 0.3) is 0 Å². The van der Waals surface area contributed by atoms with E-state index in [-0.39, 0.29) is 23.0 Å². The molecule has 0 spiro atoms. The molecular formula is C46H39N3O. The molecule has 0 saturated heterocycles. The number of pyridine rings is 1. The normalized spacial score (nSPS) is 14.4. The zero-order valence-electron chi connectivity index (χ0n) is 34.4. The summed E-state index contributed by atoms with van der Waals surface area (Å²) in [4.78, 5) is 10.2. The molecule has 0 bridgehead atoms. The summed E-state index contributed by atoms with van der Waals surface area (Å²) in [5, 5.41) is 3.87. The van der Waals surface area contributed by atoms with Crippen LogP contribution >= 0.6 is 0 Å². The van der Waals surface area contributed by atoms with Crippen LogP contribution in [0.3, 0.4) is 0 Å². The lowest BCUT2D eigenvalue weighted by atomic mass is 9.88. The highest BCUT2D eigenvalue weighted by Crippen LogP contribution is 2.44. The SMILES string of the molecule is [2H]C([2H])([2H])c1ccc(-c2nc3cccc(C([2H])([2H])[2H])c3n2-c2c(C(C)C)cc(-c3ccccc3)cc2C(C)C)c2oc3nc4c(ccc5ccccc54)cc3c12. The molecule has 9 rings (SSSR count). The van der Waals surface area contributed by atoms with Gasteiger partial charge in [0.2, 0.25) is 5.71 Å². The maximum absolute atomic E-state index is 8.68. The van der Waals surface area contributed by atoms with Crippen LogP contribution in [0.15, 0.2) is 120 Å². The number of fused-ring (bicyclic) bond motifs is 7. The third-order valence-corrected chi connectivity index (χ3v) is 9.96. The van der Waals surface area contributed by atoms with Gasteiger partial charge < -0.3 is 4.42 Å². The van der Waals surface area contributed by atoms with Crippen LogP contribution < -0.4 is 0 Å². The topological polar surface area (TPSA) is 43.9 Å². The van der Waals surface area contributed by atoms with Gasteiger partial charge in [0.05, 0.1) is 27.8 Å². The molecule has 3 aromatic heterocycles. The molecule has 4 nitrogen and oxygen atoms in total. The van der Waals surface area contributed by atoms with E-state index in [0.717, 1.165) is 49.6 Å². The average molecular weight is 656 g/mol. The second-order valence-electron chi connectivity index (χ2n) is 13.8. The third-order valence-electron chi connectivity index (χ3n) is 9.96. The Morgan fingerprint density at radius 1 is 0.640 bits per heavy atom. The lowest BCUT2D eigenvalue weighted by Crippen LogP contribution is -2.10. The van der Waals surface area contributed by atoms with Gasteiger partial charge in [-0.25, -0.2) is 9.97 Å². The fourth-order valence-corrected chi connectivity index (χ4v) is 7.52. The molecule has 3 heterocycles. The van der Waals surface area contributed by atoms with Crippen LogP contribution in [0.1, 0.15) is 70.0 Å². The minimum Gasteiger partial charge on any atom is -0.437 e. The Labute approximate surface area is 300 Å². The number of para-hydroxylation sites is 1. The van der Waals surface area contributed by atoms with Crippen LogP contribution in [0.5, 0.6) is 0 Å². The van der Waals surface area contributed by atoms with Crippen LogP contribution in [-0.2, 0) is 0 Å². The molecule has 9 aromatic rings. The zero-order chi connectivity index (χ0) is 39.3. The molecular weight excluding hydrogens is 611 g/mol. The van der Waals surface area contributed by atoms with Crippen LogP contribution in [0.2, 0.25) is 0 Å². The monoisotopic (exact) mass is 655 g/mol. The minimum atomic E-state index is -2.47. The van der Waals surface area contributed by atoms with Gasteiger partial charge in [-0.3, -0.25) is 4.57 Å². The molecule has 0 aliphatic carbocycles. The number of hydrogen-bond acceptors (Lipinski definition) is 3. The summed E-state index contributed by atoms with van der Waals surface area (Å²) in [5.74, 6) is 0.517. The van der Waals surface area contributed by atoms with E-state index in [1.165, 1.54) is 0 Å². The fraction of sp³-hybridized carbons (Fsp3) is 0.174. The number of hydrogen-bond donors (Lipinski definition) is 0. The third kappa shape index (κ3) is 4.59. The second kappa shape index (κ2) is 11.4. The number of furan rings is 1. The Morgan fingerprint density at radius 2 is 1.38 bits per heavy atom. The van der Waals surface area contributed by atoms with Gasteiger partial charge in [0, 0.05) is 29.8 Å². The average Bonchev–Trinajstić information content (AvgIpc) is 3.74. The summed E-state index contributed by atoms with van der Waals surface area (Å²) in [5.41, 5.74) is 8.25. The first kappa shape index (κ1) is 24.4. The van der Waals surface area contributed by atoms with Crippen LogP contribution in [-0.4, -0.2) is 14.5 Å². The van der Waals surface area contributed by atoms with Crippen molar-refractivity contribution in [2.24, 2.45) is 0 Å². The zero-order valence-corrected chi connectivity index (χ0v) is 28.4. The summed E-state index contributed by atoms with van der Waals surface area (Å²) in [7, 11) is 0. The first-order valence-electron chi connectivity index (χ1n) is 20.1. The van der Waals surface area contributed by atoms with E-state index in [0.29, 0.717) is 44.5 Å². The Kier molecular flexibility index (Phi) is 5.57. The van der Waals surface area contributed by atoms with Crippen molar-refractivity contribution in [3.05, 3.63) is 138 Å². The van der Waals surface area contributed by atoms with Crippen LogP contribution in [0, 0.1) is 13.7 Å².